The molecule has 27 heavy (non-hydrogen) atoms. The summed E-state index contributed by atoms with van der Waals surface area (Å²) in [4.78, 5) is 27.3. The smallest absolute Gasteiger partial charge is 0.308 e. The van der Waals surface area contributed by atoms with Gasteiger partial charge in [0.1, 0.15) is 5.82 Å². The summed E-state index contributed by atoms with van der Waals surface area (Å²) in [6, 6.07) is 7.75. The van der Waals surface area contributed by atoms with Crippen molar-refractivity contribution in [1.29, 1.82) is 0 Å². The standard InChI is InChI=1S/C20H21BrFNO3S/c1-13(24)26-19-11-14-12-23(10-8-18(14)27-19)20(17(25)7-4-9-21)15-5-2-3-6-16(15)22/h2-3,5-6,11,20H,4,7-10,12H2,1H3. The minimum absolute atomic E-state index is 0.0263. The molecule has 0 radical (unpaired) electrons. The lowest BCUT2D eigenvalue weighted by Crippen LogP contribution is -2.38. The van der Waals surface area contributed by atoms with Crippen molar-refractivity contribution in [3.8, 4) is 5.06 Å². The number of Topliss-reactive ketones (excluding diaryl/α,β-unsaturated/α-hetero) is 1. The Kier molecular flexibility index (Phi) is 6.78. The molecule has 0 saturated heterocycles. The molecule has 1 aromatic carbocycles. The zero-order valence-electron chi connectivity index (χ0n) is 15.0. The molecule has 1 atom stereocenters. The van der Waals surface area contributed by atoms with E-state index in [-0.39, 0.29) is 17.6 Å². The highest BCUT2D eigenvalue weighted by molar-refractivity contribution is 9.09. The highest BCUT2D eigenvalue weighted by Gasteiger charge is 2.32. The van der Waals surface area contributed by atoms with Crippen molar-refractivity contribution >= 4 is 39.0 Å². The number of fused-ring (bicyclic) bond motifs is 1. The molecule has 0 aliphatic carbocycles. The van der Waals surface area contributed by atoms with E-state index in [0.29, 0.717) is 30.1 Å². The zero-order chi connectivity index (χ0) is 19.4. The molecule has 0 bridgehead atoms. The van der Waals surface area contributed by atoms with E-state index in [1.807, 2.05) is 11.0 Å². The van der Waals surface area contributed by atoms with E-state index in [1.54, 1.807) is 18.2 Å². The van der Waals surface area contributed by atoms with Gasteiger partial charge in [-0.15, -0.1) is 11.3 Å². The number of thiophene rings is 1. The average Bonchev–Trinajstić information content (AvgIpc) is 3.02. The Balaban J connectivity index is 1.87. The summed E-state index contributed by atoms with van der Waals surface area (Å²) in [6.07, 6.45) is 1.87. The molecule has 0 amide bonds. The highest BCUT2D eigenvalue weighted by atomic mass is 79.9. The fourth-order valence-corrected chi connectivity index (χ4v) is 4.72. The number of alkyl halides is 1. The third kappa shape index (κ3) is 4.83. The molecule has 0 spiro atoms. The van der Waals surface area contributed by atoms with E-state index in [0.717, 1.165) is 28.6 Å². The van der Waals surface area contributed by atoms with Crippen molar-refractivity contribution in [2.45, 2.75) is 38.8 Å². The largest absolute Gasteiger partial charge is 0.416 e. The third-order valence-corrected chi connectivity index (χ3v) is 6.22. The molecule has 1 aliphatic heterocycles. The number of halogens is 2. The van der Waals surface area contributed by atoms with Crippen LogP contribution in [0, 0.1) is 5.82 Å². The molecule has 144 valence electrons. The van der Waals surface area contributed by atoms with Crippen molar-refractivity contribution in [2.75, 3.05) is 11.9 Å². The van der Waals surface area contributed by atoms with Gasteiger partial charge in [0.2, 0.25) is 0 Å². The van der Waals surface area contributed by atoms with Crippen LogP contribution in [-0.2, 0) is 22.6 Å². The maximum atomic E-state index is 14.5. The van der Waals surface area contributed by atoms with Crippen LogP contribution in [0.4, 0.5) is 4.39 Å². The van der Waals surface area contributed by atoms with E-state index in [2.05, 4.69) is 15.9 Å². The molecule has 7 heteroatoms. The van der Waals surface area contributed by atoms with Crippen LogP contribution >= 0.6 is 27.3 Å². The summed E-state index contributed by atoms with van der Waals surface area (Å²) in [5, 5.41) is 1.31. The van der Waals surface area contributed by atoms with Crippen LogP contribution in [0.1, 0.15) is 41.8 Å². The van der Waals surface area contributed by atoms with Crippen LogP contribution in [-0.4, -0.2) is 28.5 Å². The van der Waals surface area contributed by atoms with Gasteiger partial charge in [0, 0.05) is 42.2 Å². The van der Waals surface area contributed by atoms with Crippen LogP contribution in [0.25, 0.3) is 0 Å². The Labute approximate surface area is 170 Å². The number of hydrogen-bond acceptors (Lipinski definition) is 5. The quantitative estimate of drug-likeness (QED) is 0.451. The van der Waals surface area contributed by atoms with Gasteiger partial charge in [0.05, 0.1) is 6.04 Å². The second-order valence-electron chi connectivity index (χ2n) is 6.51. The summed E-state index contributed by atoms with van der Waals surface area (Å²) in [5.41, 5.74) is 1.47. The van der Waals surface area contributed by atoms with Crippen molar-refractivity contribution < 1.29 is 18.7 Å². The minimum atomic E-state index is -0.601. The molecule has 1 unspecified atom stereocenters. The van der Waals surface area contributed by atoms with E-state index < -0.39 is 6.04 Å². The van der Waals surface area contributed by atoms with Crippen molar-refractivity contribution in [3.05, 3.63) is 52.2 Å². The maximum absolute atomic E-state index is 14.5. The predicted molar refractivity (Wildman–Crippen MR) is 107 cm³/mol. The molecule has 2 heterocycles. The summed E-state index contributed by atoms with van der Waals surface area (Å²) in [6.45, 7) is 2.57. The van der Waals surface area contributed by atoms with Crippen LogP contribution in [0.5, 0.6) is 5.06 Å². The van der Waals surface area contributed by atoms with E-state index in [1.165, 1.54) is 24.3 Å². The fraction of sp³-hybridized carbons (Fsp3) is 0.400. The number of nitrogens with zero attached hydrogens (tertiary/aromatic N) is 1. The molecule has 0 fully saturated rings. The number of hydrogen-bond donors (Lipinski definition) is 0. The summed E-state index contributed by atoms with van der Waals surface area (Å²) < 4.78 is 19.7. The number of rotatable bonds is 7. The Hall–Kier alpha value is -1.57. The summed E-state index contributed by atoms with van der Waals surface area (Å²) in [5.74, 6) is -0.676. The Morgan fingerprint density at radius 3 is 2.85 bits per heavy atom. The monoisotopic (exact) mass is 453 g/mol. The van der Waals surface area contributed by atoms with Gasteiger partial charge in [0.15, 0.2) is 10.8 Å². The summed E-state index contributed by atoms with van der Waals surface area (Å²) in [7, 11) is 0. The second-order valence-corrected chi connectivity index (χ2v) is 8.40. The molecular weight excluding hydrogens is 433 g/mol. The van der Waals surface area contributed by atoms with Crippen LogP contribution in [0.15, 0.2) is 30.3 Å². The van der Waals surface area contributed by atoms with Gasteiger partial charge >= 0.3 is 5.97 Å². The van der Waals surface area contributed by atoms with Gasteiger partial charge in [-0.2, -0.15) is 0 Å². The van der Waals surface area contributed by atoms with Gasteiger partial charge < -0.3 is 4.74 Å². The van der Waals surface area contributed by atoms with Gasteiger partial charge in [-0.05, 0) is 30.5 Å². The number of benzene rings is 1. The zero-order valence-corrected chi connectivity index (χ0v) is 17.4. The molecule has 3 rings (SSSR count). The Bertz CT molecular complexity index is 838. The number of esters is 1. The number of carbonyl (C=O) groups is 2. The minimum Gasteiger partial charge on any atom is -0.416 e. The van der Waals surface area contributed by atoms with Crippen molar-refractivity contribution in [2.24, 2.45) is 0 Å². The predicted octanol–water partition coefficient (Wildman–Crippen LogP) is 4.66. The normalized spacial score (nSPS) is 15.2. The average molecular weight is 454 g/mol. The fourth-order valence-electron chi connectivity index (χ4n) is 3.39. The molecule has 2 aromatic rings. The second kappa shape index (κ2) is 9.08. The topological polar surface area (TPSA) is 46.6 Å². The van der Waals surface area contributed by atoms with Crippen molar-refractivity contribution in [1.82, 2.24) is 4.90 Å². The lowest BCUT2D eigenvalue weighted by molar-refractivity contribution is -0.131. The first kappa shape index (κ1) is 20.2. The molecule has 0 saturated carbocycles. The maximum Gasteiger partial charge on any atom is 0.308 e. The van der Waals surface area contributed by atoms with Crippen LogP contribution in [0.3, 0.4) is 0 Å². The van der Waals surface area contributed by atoms with Gasteiger partial charge in [0.25, 0.3) is 0 Å². The van der Waals surface area contributed by atoms with E-state index in [9.17, 15) is 14.0 Å². The Morgan fingerprint density at radius 2 is 2.15 bits per heavy atom. The molecule has 0 N–H and O–H groups in total. The first-order chi connectivity index (χ1) is 13.0. The molecular formula is C20H21BrFNO3S. The van der Waals surface area contributed by atoms with Crippen LogP contribution < -0.4 is 4.74 Å². The lowest BCUT2D eigenvalue weighted by Gasteiger charge is -2.34. The van der Waals surface area contributed by atoms with Crippen LogP contribution in [0.2, 0.25) is 0 Å². The number of ether oxygens (including phenoxy) is 1. The SMILES string of the molecule is CC(=O)Oc1cc2c(s1)CCN(C(C(=O)CCCBr)c1ccccc1F)C2. The summed E-state index contributed by atoms with van der Waals surface area (Å²) >= 11 is 4.82. The first-order valence-corrected chi connectivity index (χ1v) is 10.8. The van der Waals surface area contributed by atoms with Gasteiger partial charge in [-0.1, -0.05) is 34.1 Å². The number of carbonyl (C=O) groups excluding carboxylic acids is 2. The molecule has 1 aromatic heterocycles. The Morgan fingerprint density at radius 1 is 1.37 bits per heavy atom. The molecule has 4 nitrogen and oxygen atoms in total. The lowest BCUT2D eigenvalue weighted by atomic mass is 9.95. The van der Waals surface area contributed by atoms with Crippen molar-refractivity contribution in [3.63, 3.8) is 0 Å². The first-order valence-electron chi connectivity index (χ1n) is 8.86. The van der Waals surface area contributed by atoms with E-state index >= 15 is 0 Å². The molecule has 1 aliphatic rings. The third-order valence-electron chi connectivity index (χ3n) is 4.54. The van der Waals surface area contributed by atoms with Gasteiger partial charge in [-0.3, -0.25) is 14.5 Å². The highest BCUT2D eigenvalue weighted by Crippen LogP contribution is 2.37. The van der Waals surface area contributed by atoms with E-state index in [4.69, 9.17) is 4.74 Å². The number of ketones is 1. The van der Waals surface area contributed by atoms with Gasteiger partial charge in [-0.25, -0.2) is 4.39 Å².